The summed E-state index contributed by atoms with van der Waals surface area (Å²) < 4.78 is 0. The summed E-state index contributed by atoms with van der Waals surface area (Å²) in [5.41, 5.74) is 15.8. The molecule has 0 saturated carbocycles. The minimum Gasteiger partial charge on any atom is -0.398 e. The molecule has 2 aromatic rings. The number of para-hydroxylation sites is 1. The molecule has 0 radical (unpaired) electrons. The molecule has 4 nitrogen and oxygen atoms in total. The number of allylic oxidation sites excluding steroid dienone is 5. The monoisotopic (exact) mass is 406 g/mol. The summed E-state index contributed by atoms with van der Waals surface area (Å²) in [5, 5.41) is 10.7. The predicted octanol–water partition coefficient (Wildman–Crippen LogP) is 5.59. The maximum absolute atomic E-state index is 7.25. The van der Waals surface area contributed by atoms with Crippen LogP contribution in [0.25, 0.3) is 5.57 Å². The number of hydrogen-bond donors (Lipinski definition) is 4. The SMILES string of the molecule is CC.CCCNC(/C=C\C=N)=C\C(=C\Cc1ccccc1)c1ccccc1N.CN. The predicted molar refractivity (Wildman–Crippen MR) is 135 cm³/mol. The summed E-state index contributed by atoms with van der Waals surface area (Å²) in [6.45, 7) is 7.01. The third-order valence-electron chi connectivity index (χ3n) is 3.93. The summed E-state index contributed by atoms with van der Waals surface area (Å²) in [6.07, 6.45) is 11.1. The fourth-order valence-electron chi connectivity index (χ4n) is 2.60. The maximum atomic E-state index is 7.25. The summed E-state index contributed by atoms with van der Waals surface area (Å²) in [4.78, 5) is 0. The van der Waals surface area contributed by atoms with E-state index in [0.29, 0.717) is 0 Å². The van der Waals surface area contributed by atoms with Gasteiger partial charge in [0.05, 0.1) is 0 Å². The van der Waals surface area contributed by atoms with Gasteiger partial charge in [-0.05, 0) is 55.3 Å². The highest BCUT2D eigenvalue weighted by Crippen LogP contribution is 2.24. The molecule has 30 heavy (non-hydrogen) atoms. The van der Waals surface area contributed by atoms with Crippen LogP contribution in [0.5, 0.6) is 0 Å². The number of hydrogen-bond acceptors (Lipinski definition) is 4. The molecule has 6 N–H and O–H groups in total. The molecule has 2 aromatic carbocycles. The lowest BCUT2D eigenvalue weighted by Gasteiger charge is -2.11. The largest absolute Gasteiger partial charge is 0.398 e. The zero-order valence-corrected chi connectivity index (χ0v) is 18.9. The van der Waals surface area contributed by atoms with Crippen molar-refractivity contribution in [1.29, 1.82) is 5.41 Å². The van der Waals surface area contributed by atoms with E-state index in [1.807, 2.05) is 50.3 Å². The van der Waals surface area contributed by atoms with Crippen molar-refractivity contribution in [1.82, 2.24) is 5.32 Å². The van der Waals surface area contributed by atoms with Gasteiger partial charge in [-0.15, -0.1) is 0 Å². The Morgan fingerprint density at radius 2 is 1.63 bits per heavy atom. The van der Waals surface area contributed by atoms with E-state index in [4.69, 9.17) is 11.1 Å². The molecule has 0 saturated heterocycles. The fraction of sp³-hybridized carbons (Fsp3) is 0.269. The summed E-state index contributed by atoms with van der Waals surface area (Å²) in [5.74, 6) is 0. The Labute approximate surface area is 182 Å². The number of anilines is 1. The second-order valence-electron chi connectivity index (χ2n) is 5.99. The highest BCUT2D eigenvalue weighted by molar-refractivity contribution is 5.82. The molecule has 0 aliphatic carbocycles. The van der Waals surface area contributed by atoms with Gasteiger partial charge < -0.3 is 22.2 Å². The molecular formula is C26H38N4. The van der Waals surface area contributed by atoms with Crippen molar-refractivity contribution < 1.29 is 0 Å². The fourth-order valence-corrected chi connectivity index (χ4v) is 2.60. The lowest BCUT2D eigenvalue weighted by atomic mass is 9.99. The van der Waals surface area contributed by atoms with E-state index in [0.717, 1.165) is 41.9 Å². The van der Waals surface area contributed by atoms with Crippen molar-refractivity contribution in [3.05, 3.63) is 95.7 Å². The Kier molecular flexibility index (Phi) is 16.1. The number of benzene rings is 2. The van der Waals surface area contributed by atoms with Gasteiger partial charge in [0.1, 0.15) is 0 Å². The van der Waals surface area contributed by atoms with E-state index in [9.17, 15) is 0 Å². The Bertz CT molecular complexity index is 790. The van der Waals surface area contributed by atoms with E-state index in [-0.39, 0.29) is 0 Å². The Hall–Kier alpha value is -3.11. The molecule has 0 unspecified atom stereocenters. The number of nitrogen functional groups attached to an aromatic ring is 1. The first-order chi connectivity index (χ1) is 14.7. The molecule has 4 heteroatoms. The second kappa shape index (κ2) is 18.0. The normalized spacial score (nSPS) is 11.1. The summed E-state index contributed by atoms with van der Waals surface area (Å²) in [6, 6.07) is 18.3. The number of nitrogens with one attached hydrogen (secondary N) is 2. The molecule has 0 atom stereocenters. The van der Waals surface area contributed by atoms with Crippen LogP contribution >= 0.6 is 0 Å². The van der Waals surface area contributed by atoms with Crippen LogP contribution < -0.4 is 16.8 Å². The van der Waals surface area contributed by atoms with Crippen molar-refractivity contribution in [3.8, 4) is 0 Å². The standard InChI is InChI=1S/C23H27N3.C2H6.CH5N/c1-2-17-26-21(11-8-16-24)18-20(22-12-6-7-13-23(22)25)15-14-19-9-4-3-5-10-19;2*1-2/h3-13,15-16,18,24,26H,2,14,17,25H2,1H3;1-2H3;2H2,1H3/b11-8-,20-15-,21-18-,24-16?;;. The average Bonchev–Trinajstić information content (AvgIpc) is 2.82. The van der Waals surface area contributed by atoms with Crippen LogP contribution in [0, 0.1) is 5.41 Å². The van der Waals surface area contributed by atoms with Crippen LogP contribution in [-0.2, 0) is 6.42 Å². The minimum absolute atomic E-state index is 0.758. The molecular weight excluding hydrogens is 368 g/mol. The van der Waals surface area contributed by atoms with Crippen molar-refractivity contribution in [3.63, 3.8) is 0 Å². The molecule has 0 bridgehead atoms. The van der Waals surface area contributed by atoms with Gasteiger partial charge in [-0.1, -0.05) is 75.4 Å². The number of nitrogens with two attached hydrogens (primary N) is 2. The molecule has 0 aliphatic heterocycles. The Morgan fingerprint density at radius 3 is 2.23 bits per heavy atom. The molecule has 0 heterocycles. The van der Waals surface area contributed by atoms with E-state index in [2.05, 4.69) is 54.4 Å². The highest BCUT2D eigenvalue weighted by Gasteiger charge is 2.04. The van der Waals surface area contributed by atoms with Gasteiger partial charge in [-0.2, -0.15) is 0 Å². The third-order valence-corrected chi connectivity index (χ3v) is 3.93. The Balaban J connectivity index is 0.00000198. The first-order valence-electron chi connectivity index (χ1n) is 10.5. The topological polar surface area (TPSA) is 87.9 Å². The summed E-state index contributed by atoms with van der Waals surface area (Å²) in [7, 11) is 1.50. The van der Waals surface area contributed by atoms with Gasteiger partial charge in [0.15, 0.2) is 0 Å². The van der Waals surface area contributed by atoms with Crippen molar-refractivity contribution in [2.45, 2.75) is 33.6 Å². The van der Waals surface area contributed by atoms with E-state index < -0.39 is 0 Å². The van der Waals surface area contributed by atoms with Crippen molar-refractivity contribution >= 4 is 17.5 Å². The zero-order valence-electron chi connectivity index (χ0n) is 18.9. The van der Waals surface area contributed by atoms with Crippen molar-refractivity contribution in [2.75, 3.05) is 19.3 Å². The first-order valence-corrected chi connectivity index (χ1v) is 10.5. The zero-order chi connectivity index (χ0) is 22.6. The molecule has 2 rings (SSSR count). The van der Waals surface area contributed by atoms with Gasteiger partial charge in [0.25, 0.3) is 0 Å². The van der Waals surface area contributed by atoms with Crippen LogP contribution in [0.4, 0.5) is 5.69 Å². The molecule has 0 fully saturated rings. The smallest absolute Gasteiger partial charge is 0.0393 e. The van der Waals surface area contributed by atoms with Crippen LogP contribution in [-0.4, -0.2) is 19.8 Å². The van der Waals surface area contributed by atoms with Crippen LogP contribution in [0.15, 0.2) is 84.6 Å². The van der Waals surface area contributed by atoms with Crippen LogP contribution in [0.1, 0.15) is 38.3 Å². The number of rotatable bonds is 9. The lowest BCUT2D eigenvalue weighted by Crippen LogP contribution is -2.12. The van der Waals surface area contributed by atoms with Crippen LogP contribution in [0.3, 0.4) is 0 Å². The molecule has 162 valence electrons. The van der Waals surface area contributed by atoms with Crippen molar-refractivity contribution in [2.24, 2.45) is 5.73 Å². The van der Waals surface area contributed by atoms with Gasteiger partial charge in [0.2, 0.25) is 0 Å². The molecule has 0 amide bonds. The quantitative estimate of drug-likeness (QED) is 0.249. The third kappa shape index (κ3) is 10.4. The second-order valence-corrected chi connectivity index (χ2v) is 5.99. The average molecular weight is 407 g/mol. The molecule has 0 spiro atoms. The van der Waals surface area contributed by atoms with Gasteiger partial charge >= 0.3 is 0 Å². The first kappa shape index (κ1) is 26.9. The Morgan fingerprint density at radius 1 is 1.00 bits per heavy atom. The molecule has 0 aliphatic rings. The van der Waals surface area contributed by atoms with E-state index >= 15 is 0 Å². The van der Waals surface area contributed by atoms with E-state index in [1.54, 1.807) is 6.08 Å². The molecule has 0 aromatic heterocycles. The summed E-state index contributed by atoms with van der Waals surface area (Å²) >= 11 is 0. The van der Waals surface area contributed by atoms with Gasteiger partial charge in [0, 0.05) is 29.7 Å². The van der Waals surface area contributed by atoms with Gasteiger partial charge in [-0.25, -0.2) is 0 Å². The lowest BCUT2D eigenvalue weighted by molar-refractivity contribution is 0.785. The minimum atomic E-state index is 0.758. The van der Waals surface area contributed by atoms with E-state index in [1.165, 1.54) is 18.8 Å². The maximum Gasteiger partial charge on any atom is 0.0393 e. The highest BCUT2D eigenvalue weighted by atomic mass is 14.9. The van der Waals surface area contributed by atoms with Gasteiger partial charge in [-0.3, -0.25) is 0 Å². The van der Waals surface area contributed by atoms with Crippen LogP contribution in [0.2, 0.25) is 0 Å².